The second-order valence-electron chi connectivity index (χ2n) is 7.13. The number of hydrogen-bond donors (Lipinski definition) is 1. The molecule has 4 nitrogen and oxygen atoms in total. The maximum atomic E-state index is 12.6. The van der Waals surface area contributed by atoms with Crippen molar-refractivity contribution in [1.82, 2.24) is 0 Å². The molecule has 2 aliphatic rings. The van der Waals surface area contributed by atoms with Crippen molar-refractivity contribution >= 4 is 23.2 Å². The average Bonchev–Trinajstić information content (AvgIpc) is 3.34. The molecule has 4 heteroatoms. The van der Waals surface area contributed by atoms with Gasteiger partial charge in [0, 0.05) is 29.4 Å². The van der Waals surface area contributed by atoms with Crippen LogP contribution in [0, 0.1) is 19.8 Å². The van der Waals surface area contributed by atoms with Crippen molar-refractivity contribution in [3.8, 4) is 0 Å². The number of anilines is 2. The lowest BCUT2D eigenvalue weighted by atomic mass is 10.0. The highest BCUT2D eigenvalue weighted by Gasteiger charge is 2.36. The van der Waals surface area contributed by atoms with E-state index in [9.17, 15) is 9.59 Å². The van der Waals surface area contributed by atoms with Crippen molar-refractivity contribution < 1.29 is 9.59 Å². The van der Waals surface area contributed by atoms with Crippen LogP contribution in [0.1, 0.15) is 39.9 Å². The first-order valence-corrected chi connectivity index (χ1v) is 8.86. The number of nitrogens with one attached hydrogen (secondary N) is 1. The quantitative estimate of drug-likeness (QED) is 0.927. The molecule has 2 aromatic carbocycles. The van der Waals surface area contributed by atoms with Crippen molar-refractivity contribution in [2.75, 3.05) is 16.8 Å². The Balaban J connectivity index is 1.56. The van der Waals surface area contributed by atoms with Gasteiger partial charge < -0.3 is 10.2 Å². The minimum Gasteiger partial charge on any atom is -0.322 e. The largest absolute Gasteiger partial charge is 0.322 e. The van der Waals surface area contributed by atoms with Gasteiger partial charge in [-0.1, -0.05) is 23.8 Å². The number of fused-ring (bicyclic) bond motifs is 1. The number of amides is 2. The fourth-order valence-corrected chi connectivity index (χ4v) is 3.50. The van der Waals surface area contributed by atoms with Crippen molar-refractivity contribution in [2.45, 2.75) is 33.1 Å². The fraction of sp³-hybridized carbons (Fsp3) is 0.333. The highest BCUT2D eigenvalue weighted by molar-refractivity contribution is 6.06. The molecule has 0 atom stereocenters. The second kappa shape index (κ2) is 6.03. The first kappa shape index (κ1) is 15.9. The fourth-order valence-electron chi connectivity index (χ4n) is 3.50. The summed E-state index contributed by atoms with van der Waals surface area (Å²) in [6.45, 7) is 4.71. The Morgan fingerprint density at radius 2 is 1.88 bits per heavy atom. The number of hydrogen-bond acceptors (Lipinski definition) is 2. The molecule has 0 aromatic heterocycles. The van der Waals surface area contributed by atoms with E-state index < -0.39 is 0 Å². The summed E-state index contributed by atoms with van der Waals surface area (Å²) in [5.41, 5.74) is 5.65. The van der Waals surface area contributed by atoms with E-state index in [1.54, 1.807) is 0 Å². The Morgan fingerprint density at radius 1 is 1.08 bits per heavy atom. The minimum absolute atomic E-state index is 0.115. The SMILES string of the molecule is Cc1ccc(C(=O)Nc2ccc3c(c2)N(C(=O)C2CC2)CC3)c(C)c1. The molecule has 1 aliphatic carbocycles. The van der Waals surface area contributed by atoms with E-state index in [4.69, 9.17) is 0 Å². The van der Waals surface area contributed by atoms with Gasteiger partial charge in [0.05, 0.1) is 0 Å². The Kier molecular flexibility index (Phi) is 3.83. The maximum Gasteiger partial charge on any atom is 0.255 e. The molecular formula is C21H22N2O2. The molecule has 0 bridgehead atoms. The highest BCUT2D eigenvalue weighted by Crippen LogP contribution is 2.37. The summed E-state index contributed by atoms with van der Waals surface area (Å²) in [5, 5.41) is 2.98. The van der Waals surface area contributed by atoms with Gasteiger partial charge in [-0.05, 0) is 62.4 Å². The topological polar surface area (TPSA) is 49.4 Å². The number of rotatable bonds is 3. The van der Waals surface area contributed by atoms with Crippen LogP contribution in [0.4, 0.5) is 11.4 Å². The third-order valence-corrected chi connectivity index (χ3v) is 5.06. The highest BCUT2D eigenvalue weighted by atomic mass is 16.2. The third kappa shape index (κ3) is 3.04. The van der Waals surface area contributed by atoms with Gasteiger partial charge in [-0.2, -0.15) is 0 Å². The summed E-state index contributed by atoms with van der Waals surface area (Å²) in [4.78, 5) is 26.9. The van der Waals surface area contributed by atoms with Gasteiger partial charge >= 0.3 is 0 Å². The first-order valence-electron chi connectivity index (χ1n) is 8.86. The smallest absolute Gasteiger partial charge is 0.255 e. The summed E-state index contributed by atoms with van der Waals surface area (Å²) >= 11 is 0. The molecule has 1 fully saturated rings. The van der Waals surface area contributed by atoms with Crippen LogP contribution in [-0.2, 0) is 11.2 Å². The third-order valence-electron chi connectivity index (χ3n) is 5.06. The molecule has 1 N–H and O–H groups in total. The number of carbonyl (C=O) groups excluding carboxylic acids is 2. The van der Waals surface area contributed by atoms with Crippen LogP contribution in [-0.4, -0.2) is 18.4 Å². The Labute approximate surface area is 147 Å². The molecule has 128 valence electrons. The molecule has 25 heavy (non-hydrogen) atoms. The predicted octanol–water partition coefficient (Wildman–Crippen LogP) is 3.85. The second-order valence-corrected chi connectivity index (χ2v) is 7.13. The number of nitrogens with zero attached hydrogens (tertiary/aromatic N) is 1. The first-order chi connectivity index (χ1) is 12.0. The molecule has 4 rings (SSSR count). The van der Waals surface area contributed by atoms with Crippen LogP contribution in [0.25, 0.3) is 0 Å². The van der Waals surface area contributed by atoms with Gasteiger partial charge in [-0.15, -0.1) is 0 Å². The van der Waals surface area contributed by atoms with Crippen molar-refractivity contribution in [3.63, 3.8) is 0 Å². The van der Waals surface area contributed by atoms with E-state index in [1.807, 2.05) is 55.1 Å². The molecule has 1 saturated carbocycles. The molecule has 2 aromatic rings. The van der Waals surface area contributed by atoms with E-state index in [1.165, 1.54) is 5.56 Å². The monoisotopic (exact) mass is 334 g/mol. The van der Waals surface area contributed by atoms with Crippen molar-refractivity contribution in [1.29, 1.82) is 0 Å². The number of carbonyl (C=O) groups is 2. The Bertz CT molecular complexity index is 868. The Hall–Kier alpha value is -2.62. The van der Waals surface area contributed by atoms with E-state index in [0.717, 1.165) is 48.3 Å². The molecule has 1 heterocycles. The van der Waals surface area contributed by atoms with E-state index in [2.05, 4.69) is 5.32 Å². The summed E-state index contributed by atoms with van der Waals surface area (Å²) in [7, 11) is 0. The van der Waals surface area contributed by atoms with Gasteiger partial charge in [-0.25, -0.2) is 0 Å². The van der Waals surface area contributed by atoms with Crippen LogP contribution in [0.5, 0.6) is 0 Å². The zero-order valence-electron chi connectivity index (χ0n) is 14.6. The zero-order valence-corrected chi connectivity index (χ0v) is 14.6. The van der Waals surface area contributed by atoms with Gasteiger partial charge in [0.1, 0.15) is 0 Å². The van der Waals surface area contributed by atoms with Crippen LogP contribution in [0.2, 0.25) is 0 Å². The Morgan fingerprint density at radius 3 is 2.60 bits per heavy atom. The standard InChI is InChI=1S/C21H22N2O2/c1-13-3-8-18(14(2)11-13)20(24)22-17-7-6-15-9-10-23(19(15)12-17)21(25)16-4-5-16/h3,6-8,11-12,16H,4-5,9-10H2,1-2H3,(H,22,24). The molecule has 2 amide bonds. The summed E-state index contributed by atoms with van der Waals surface area (Å²) in [5.74, 6) is 0.325. The molecule has 1 aliphatic heterocycles. The summed E-state index contributed by atoms with van der Waals surface area (Å²) in [6.07, 6.45) is 2.90. The normalized spacial score (nSPS) is 15.8. The van der Waals surface area contributed by atoms with Gasteiger partial charge in [0.2, 0.25) is 5.91 Å². The van der Waals surface area contributed by atoms with Crippen LogP contribution >= 0.6 is 0 Å². The van der Waals surface area contributed by atoms with Crippen molar-refractivity contribution in [2.24, 2.45) is 5.92 Å². The molecular weight excluding hydrogens is 312 g/mol. The van der Waals surface area contributed by atoms with Gasteiger partial charge in [0.15, 0.2) is 0 Å². The molecule has 0 saturated heterocycles. The lowest BCUT2D eigenvalue weighted by molar-refractivity contribution is -0.119. The molecule has 0 unspecified atom stereocenters. The number of benzene rings is 2. The molecule has 0 radical (unpaired) electrons. The van der Waals surface area contributed by atoms with Crippen LogP contribution in [0.3, 0.4) is 0 Å². The van der Waals surface area contributed by atoms with Crippen LogP contribution in [0.15, 0.2) is 36.4 Å². The van der Waals surface area contributed by atoms with E-state index in [0.29, 0.717) is 5.56 Å². The average molecular weight is 334 g/mol. The van der Waals surface area contributed by atoms with Crippen LogP contribution < -0.4 is 10.2 Å². The number of aryl methyl sites for hydroxylation is 2. The lowest BCUT2D eigenvalue weighted by Gasteiger charge is -2.18. The zero-order chi connectivity index (χ0) is 17.6. The lowest BCUT2D eigenvalue weighted by Crippen LogP contribution is -2.30. The maximum absolute atomic E-state index is 12.6. The molecule has 0 spiro atoms. The van der Waals surface area contributed by atoms with Crippen molar-refractivity contribution in [3.05, 3.63) is 58.7 Å². The minimum atomic E-state index is -0.115. The summed E-state index contributed by atoms with van der Waals surface area (Å²) < 4.78 is 0. The van der Waals surface area contributed by atoms with E-state index in [-0.39, 0.29) is 17.7 Å². The van der Waals surface area contributed by atoms with Gasteiger partial charge in [0.25, 0.3) is 5.91 Å². The van der Waals surface area contributed by atoms with Gasteiger partial charge in [-0.3, -0.25) is 9.59 Å². The predicted molar refractivity (Wildman–Crippen MR) is 99.1 cm³/mol. The van der Waals surface area contributed by atoms with E-state index >= 15 is 0 Å². The summed E-state index contributed by atoms with van der Waals surface area (Å²) in [6, 6.07) is 11.7.